The summed E-state index contributed by atoms with van der Waals surface area (Å²) in [5.74, 6) is -5.27. The van der Waals surface area contributed by atoms with Crippen molar-refractivity contribution < 1.29 is 43.1 Å². The first-order chi connectivity index (χ1) is 29.7. The second kappa shape index (κ2) is 22.4. The number of nitrogens with one attached hydrogen (secondary N) is 6. The molecule has 62 heavy (non-hydrogen) atoms. The van der Waals surface area contributed by atoms with E-state index in [1.54, 1.807) is 43.3 Å². The van der Waals surface area contributed by atoms with Crippen LogP contribution in [0.2, 0.25) is 0 Å². The van der Waals surface area contributed by atoms with Crippen molar-refractivity contribution in [3.8, 4) is 0 Å². The average molecular weight is 855 g/mol. The first-order valence-electron chi connectivity index (χ1n) is 21.3. The van der Waals surface area contributed by atoms with Crippen molar-refractivity contribution in [3.63, 3.8) is 0 Å². The van der Waals surface area contributed by atoms with E-state index in [-0.39, 0.29) is 37.8 Å². The summed E-state index contributed by atoms with van der Waals surface area (Å²) in [4.78, 5) is 108. The average Bonchev–Trinajstić information content (AvgIpc) is 3.69. The van der Waals surface area contributed by atoms with Crippen LogP contribution in [0.4, 0.5) is 15.3 Å². The fourth-order valence-electron chi connectivity index (χ4n) is 7.96. The Morgan fingerprint density at radius 1 is 0.839 bits per heavy atom. The molecule has 2 aliphatic rings. The molecule has 5 atom stereocenters. The van der Waals surface area contributed by atoms with Crippen molar-refractivity contribution in [3.05, 3.63) is 78.4 Å². The van der Waals surface area contributed by atoms with Crippen LogP contribution in [0.15, 0.2) is 72.8 Å². The predicted octanol–water partition coefficient (Wildman–Crippen LogP) is 3.57. The van der Waals surface area contributed by atoms with Gasteiger partial charge >= 0.3 is 12.1 Å². The molecule has 1 saturated carbocycles. The Labute approximate surface area is 361 Å². The van der Waals surface area contributed by atoms with Gasteiger partial charge in [-0.05, 0) is 54.5 Å². The Morgan fingerprint density at radius 2 is 1.53 bits per heavy atom. The molecule has 1 aliphatic heterocycles. The highest BCUT2D eigenvalue weighted by atomic mass is 16.5. The van der Waals surface area contributed by atoms with Gasteiger partial charge in [0.2, 0.25) is 29.4 Å². The van der Waals surface area contributed by atoms with Crippen molar-refractivity contribution >= 4 is 63.9 Å². The minimum atomic E-state index is -1.34. The number of rotatable bonds is 18. The molecule has 1 heterocycles. The van der Waals surface area contributed by atoms with Gasteiger partial charge in [0.1, 0.15) is 18.1 Å². The number of nitrogens with two attached hydrogens (primary N) is 1. The van der Waals surface area contributed by atoms with E-state index in [4.69, 9.17) is 10.5 Å². The number of nitrogens with zero attached hydrogens (tertiary/aromatic N) is 1. The molecule has 17 heteroatoms. The molecule has 8 N–H and O–H groups in total. The number of hydrogen-bond donors (Lipinski definition) is 7. The molecule has 8 amide bonds. The van der Waals surface area contributed by atoms with E-state index in [1.165, 1.54) is 4.90 Å². The standard InChI is InChI=1S/C45H58N8O9/c1-4-14-34(39(55)42(58)47-24-36(54)51-37(40(46)56)29-16-7-5-8-17-29)49-41(57)35-23-31(48-44(60)50-33-22-13-20-28-15-11-12-21-32(28)33)25-53(35)43(59)38(30-18-9-6-10-19-30)52-45(61)62-26-27(2)3/h5,7-8,11-13,15-17,20-22,27,30-31,34-35,37-38H,4,6,9-10,14,18-19,23-26H2,1-3H3,(H2,46,56)(H,47,58)(H,49,57)(H,51,54)(H,52,61)(H2,48,50,60)/t31-,34?,35?,37+,38+/m0/s1. The maximum atomic E-state index is 14.7. The number of Topliss-reactive ketones (excluding diaryl/α,β-unsaturated/α-hetero) is 1. The summed E-state index contributed by atoms with van der Waals surface area (Å²) in [6.45, 7) is 4.91. The molecule has 3 aromatic carbocycles. The number of urea groups is 1. The third-order valence-electron chi connectivity index (χ3n) is 11.0. The minimum Gasteiger partial charge on any atom is -0.449 e. The van der Waals surface area contributed by atoms with E-state index in [9.17, 15) is 38.4 Å². The van der Waals surface area contributed by atoms with Gasteiger partial charge in [0.05, 0.1) is 30.9 Å². The number of likely N-dealkylation sites (tertiary alicyclic amines) is 1. The van der Waals surface area contributed by atoms with E-state index in [0.29, 0.717) is 30.5 Å². The van der Waals surface area contributed by atoms with Crippen molar-refractivity contribution in [1.82, 2.24) is 31.5 Å². The minimum absolute atomic E-state index is 0.0441. The van der Waals surface area contributed by atoms with Crippen molar-refractivity contribution in [1.29, 1.82) is 0 Å². The van der Waals surface area contributed by atoms with E-state index >= 15 is 0 Å². The topological polar surface area (TPSA) is 247 Å². The van der Waals surface area contributed by atoms with E-state index in [0.717, 1.165) is 30.0 Å². The highest BCUT2D eigenvalue weighted by molar-refractivity contribution is 6.38. The molecule has 5 rings (SSSR count). The molecular formula is C45H58N8O9. The number of alkyl carbamates (subject to hydrolysis) is 1. The Morgan fingerprint density at radius 3 is 2.23 bits per heavy atom. The van der Waals surface area contributed by atoms with Crippen LogP contribution in [0, 0.1) is 11.8 Å². The molecule has 1 saturated heterocycles. The predicted molar refractivity (Wildman–Crippen MR) is 231 cm³/mol. The van der Waals surface area contributed by atoms with E-state index in [1.807, 2.05) is 50.2 Å². The Hall–Kier alpha value is -6.52. The number of amides is 8. The number of ketones is 1. The lowest BCUT2D eigenvalue weighted by molar-refractivity contribution is -0.143. The molecule has 3 aromatic rings. The Bertz CT molecular complexity index is 2090. The van der Waals surface area contributed by atoms with E-state index in [2.05, 4.69) is 31.9 Å². The van der Waals surface area contributed by atoms with Gasteiger partial charge in [-0.25, -0.2) is 9.59 Å². The molecule has 0 spiro atoms. The van der Waals surface area contributed by atoms with Crippen LogP contribution in [0.1, 0.15) is 83.7 Å². The summed E-state index contributed by atoms with van der Waals surface area (Å²) < 4.78 is 5.40. The maximum Gasteiger partial charge on any atom is 0.407 e. The zero-order chi connectivity index (χ0) is 44.8. The summed E-state index contributed by atoms with van der Waals surface area (Å²) in [7, 11) is 0. The quantitative estimate of drug-likeness (QED) is 0.0924. The number of carbonyl (C=O) groups is 8. The van der Waals surface area contributed by atoms with Gasteiger partial charge in [-0.3, -0.25) is 28.8 Å². The second-order valence-corrected chi connectivity index (χ2v) is 16.3. The molecule has 332 valence electrons. The van der Waals surface area contributed by atoms with Crippen molar-refractivity contribution in [2.45, 2.75) is 102 Å². The van der Waals surface area contributed by atoms with Gasteiger partial charge in [0.15, 0.2) is 0 Å². The lowest BCUT2D eigenvalue weighted by atomic mass is 9.83. The molecule has 2 unspecified atom stereocenters. The summed E-state index contributed by atoms with van der Waals surface area (Å²) in [5, 5.41) is 17.7. The molecule has 17 nitrogen and oxygen atoms in total. The van der Waals surface area contributed by atoms with Gasteiger partial charge < -0.3 is 47.3 Å². The molecule has 1 aliphatic carbocycles. The van der Waals surface area contributed by atoms with Gasteiger partial charge in [-0.15, -0.1) is 0 Å². The summed E-state index contributed by atoms with van der Waals surface area (Å²) >= 11 is 0. The van der Waals surface area contributed by atoms with Gasteiger partial charge in [-0.1, -0.05) is 113 Å². The SMILES string of the molecule is CCCC(NC(=O)C1C[C@H](NC(=O)Nc2cccc3ccccc23)CN1C(=O)[C@H](NC(=O)OCC(C)C)C1CCCCC1)C(=O)C(=O)NCC(=O)N[C@@H](C(N)=O)c1ccccc1. The lowest BCUT2D eigenvalue weighted by Gasteiger charge is -2.34. The van der Waals surface area contributed by atoms with Crippen molar-refractivity contribution in [2.24, 2.45) is 17.6 Å². The van der Waals surface area contributed by atoms with E-state index < -0.39 is 84.2 Å². The third-order valence-corrected chi connectivity index (χ3v) is 11.0. The van der Waals surface area contributed by atoms with Gasteiger partial charge in [0, 0.05) is 11.9 Å². The molecule has 0 bridgehead atoms. The monoisotopic (exact) mass is 854 g/mol. The zero-order valence-electron chi connectivity index (χ0n) is 35.4. The van der Waals surface area contributed by atoms with Crippen LogP contribution in [0.3, 0.4) is 0 Å². The molecule has 0 radical (unpaired) electrons. The molecular weight excluding hydrogens is 797 g/mol. The van der Waals surface area contributed by atoms with Crippen LogP contribution in [-0.2, 0) is 33.5 Å². The van der Waals surface area contributed by atoms with Crippen LogP contribution >= 0.6 is 0 Å². The van der Waals surface area contributed by atoms with Crippen LogP contribution in [0.25, 0.3) is 10.8 Å². The molecule has 2 fully saturated rings. The maximum absolute atomic E-state index is 14.7. The second-order valence-electron chi connectivity index (χ2n) is 16.3. The number of carbonyl (C=O) groups excluding carboxylic acids is 8. The fourth-order valence-corrected chi connectivity index (χ4v) is 7.96. The van der Waals surface area contributed by atoms with Crippen molar-refractivity contribution in [2.75, 3.05) is 25.0 Å². The third kappa shape index (κ3) is 12.8. The van der Waals surface area contributed by atoms with Gasteiger partial charge in [0.25, 0.3) is 5.91 Å². The number of primary amides is 1. The first-order valence-corrected chi connectivity index (χ1v) is 21.3. The Balaban J connectivity index is 1.32. The smallest absolute Gasteiger partial charge is 0.407 e. The summed E-state index contributed by atoms with van der Waals surface area (Å²) in [5.41, 5.74) is 6.48. The lowest BCUT2D eigenvalue weighted by Crippen LogP contribution is -2.58. The number of fused-ring (bicyclic) bond motifs is 1. The summed E-state index contributed by atoms with van der Waals surface area (Å²) in [6.07, 6.45) is 3.63. The number of hydrogen-bond acceptors (Lipinski definition) is 9. The van der Waals surface area contributed by atoms with Crippen LogP contribution < -0.4 is 37.6 Å². The Kier molecular flexibility index (Phi) is 16.8. The van der Waals surface area contributed by atoms with Gasteiger partial charge in [-0.2, -0.15) is 0 Å². The largest absolute Gasteiger partial charge is 0.449 e. The normalized spacial score (nSPS) is 17.8. The number of benzene rings is 3. The van der Waals surface area contributed by atoms with Crippen LogP contribution in [0.5, 0.6) is 0 Å². The fraction of sp³-hybridized carbons (Fsp3) is 0.467. The zero-order valence-corrected chi connectivity index (χ0v) is 35.4. The number of ether oxygens (including phenoxy) is 1. The summed E-state index contributed by atoms with van der Waals surface area (Å²) in [6, 6.07) is 15.2. The number of anilines is 1. The molecule has 0 aromatic heterocycles. The first kappa shape index (κ1) is 46.5. The highest BCUT2D eigenvalue weighted by Gasteiger charge is 2.45. The highest BCUT2D eigenvalue weighted by Crippen LogP contribution is 2.30. The van der Waals surface area contributed by atoms with Crippen LogP contribution in [-0.4, -0.2) is 96.2 Å².